The van der Waals surface area contributed by atoms with Gasteiger partial charge in [0.25, 0.3) is 0 Å². The number of carbonyl (C=O) groups is 7. The second kappa shape index (κ2) is 23.6. The zero-order valence-electron chi connectivity index (χ0n) is 36.4. The van der Waals surface area contributed by atoms with Crippen molar-refractivity contribution in [2.45, 2.75) is 136 Å². The molecular formula is C41H70N8O8. The summed E-state index contributed by atoms with van der Waals surface area (Å²) in [5, 5.41) is 10.5. The molecule has 0 aromatic heterocycles. The predicted octanol–water partition coefficient (Wildman–Crippen LogP) is 1.55. The van der Waals surface area contributed by atoms with E-state index in [-0.39, 0.29) is 44.2 Å². The average molecular weight is 803 g/mol. The highest BCUT2D eigenvalue weighted by molar-refractivity contribution is 5.97. The van der Waals surface area contributed by atoms with Crippen molar-refractivity contribution in [2.24, 2.45) is 17.6 Å². The number of rotatable bonds is 23. The molecule has 16 heteroatoms. The number of amides is 7. The molecule has 0 heterocycles. The van der Waals surface area contributed by atoms with Crippen molar-refractivity contribution in [1.29, 1.82) is 0 Å². The Morgan fingerprint density at radius 3 is 1.75 bits per heavy atom. The maximum atomic E-state index is 14.5. The topological polar surface area (TPSA) is 213 Å². The number of hydrogen-bond donors (Lipinski definition) is 5. The lowest BCUT2D eigenvalue weighted by molar-refractivity contribution is -0.150. The van der Waals surface area contributed by atoms with Crippen LogP contribution in [0, 0.1) is 11.8 Å². The summed E-state index contributed by atoms with van der Waals surface area (Å²) in [6.45, 7) is 15.8. The second-order valence-corrected chi connectivity index (χ2v) is 16.1. The Balaban J connectivity index is 3.49. The molecule has 1 aromatic rings. The standard InChI is InChI=1S/C41H70N8O8/c1-14-18-33(50)47(11)32(23-42)39(55)49(13)31(22-41(8,9)57-24-29-19-16-15-17-20-29)38(54)46-34(26(4)5)40(56)48(12)30(21-25(2)3)37(53)45-28(7)36(52)44-27(6)35(51)43-10/h15-17,19-20,25-28,30-32,34H,14,18,21-24,42H2,1-13H3,(H,43,51)(H,44,52)(H,45,53)(H,46,54)/t27-,28-,30+,31+,32-,34+/m1/s1. The largest absolute Gasteiger partial charge is 0.371 e. The fourth-order valence-electron chi connectivity index (χ4n) is 6.18. The van der Waals surface area contributed by atoms with Crippen LogP contribution in [0.4, 0.5) is 0 Å². The van der Waals surface area contributed by atoms with Crippen molar-refractivity contribution >= 4 is 41.4 Å². The Morgan fingerprint density at radius 2 is 1.25 bits per heavy atom. The van der Waals surface area contributed by atoms with Crippen LogP contribution in [0.15, 0.2) is 30.3 Å². The van der Waals surface area contributed by atoms with Gasteiger partial charge in [-0.2, -0.15) is 0 Å². The lowest BCUT2D eigenvalue weighted by Gasteiger charge is -2.38. The summed E-state index contributed by atoms with van der Waals surface area (Å²) in [6.07, 6.45) is 1.06. The van der Waals surface area contributed by atoms with E-state index in [9.17, 15) is 33.6 Å². The van der Waals surface area contributed by atoms with Gasteiger partial charge in [-0.05, 0) is 57.9 Å². The van der Waals surface area contributed by atoms with Gasteiger partial charge >= 0.3 is 0 Å². The Labute approximate surface area is 339 Å². The summed E-state index contributed by atoms with van der Waals surface area (Å²) >= 11 is 0. The number of nitrogens with two attached hydrogens (primary N) is 1. The normalized spacial score (nSPS) is 14.7. The van der Waals surface area contributed by atoms with E-state index >= 15 is 0 Å². The zero-order chi connectivity index (χ0) is 43.8. The molecule has 0 aliphatic carbocycles. The molecule has 6 N–H and O–H groups in total. The first-order valence-electron chi connectivity index (χ1n) is 19.8. The Morgan fingerprint density at radius 1 is 0.719 bits per heavy atom. The van der Waals surface area contributed by atoms with Crippen LogP contribution in [0.25, 0.3) is 0 Å². The van der Waals surface area contributed by atoms with Crippen molar-refractivity contribution in [3.8, 4) is 0 Å². The smallest absolute Gasteiger partial charge is 0.247 e. The number of carbonyl (C=O) groups excluding carboxylic acids is 7. The van der Waals surface area contributed by atoms with Gasteiger partial charge in [-0.1, -0.05) is 65.0 Å². The maximum absolute atomic E-state index is 14.5. The van der Waals surface area contributed by atoms with Crippen molar-refractivity contribution < 1.29 is 38.3 Å². The highest BCUT2D eigenvalue weighted by Crippen LogP contribution is 2.24. The van der Waals surface area contributed by atoms with Crippen LogP contribution in [0.5, 0.6) is 0 Å². The average Bonchev–Trinajstić information content (AvgIpc) is 3.16. The van der Waals surface area contributed by atoms with E-state index < -0.39 is 83.2 Å². The molecule has 0 unspecified atom stereocenters. The summed E-state index contributed by atoms with van der Waals surface area (Å²) in [7, 11) is 5.89. The fraction of sp³-hybridized carbons (Fsp3) is 0.683. The van der Waals surface area contributed by atoms with Gasteiger partial charge in [0.15, 0.2) is 0 Å². The van der Waals surface area contributed by atoms with Crippen LogP contribution in [0.3, 0.4) is 0 Å². The quantitative estimate of drug-likeness (QED) is 0.109. The molecule has 322 valence electrons. The highest BCUT2D eigenvalue weighted by Gasteiger charge is 2.41. The van der Waals surface area contributed by atoms with Crippen molar-refractivity contribution in [3.05, 3.63) is 35.9 Å². The number of benzene rings is 1. The molecule has 0 aliphatic heterocycles. The molecule has 7 amide bonds. The van der Waals surface area contributed by atoms with Gasteiger partial charge in [-0.25, -0.2) is 0 Å². The molecule has 0 bridgehead atoms. The number of ether oxygens (including phenoxy) is 1. The third kappa shape index (κ3) is 15.7. The van der Waals surface area contributed by atoms with Crippen LogP contribution in [-0.4, -0.2) is 133 Å². The Bertz CT molecular complexity index is 1500. The Kier molecular flexibility index (Phi) is 20.9. The maximum Gasteiger partial charge on any atom is 0.247 e. The minimum Gasteiger partial charge on any atom is -0.371 e. The minimum atomic E-state index is -1.17. The van der Waals surface area contributed by atoms with Gasteiger partial charge in [-0.15, -0.1) is 0 Å². The van der Waals surface area contributed by atoms with Gasteiger partial charge in [0.05, 0.1) is 12.2 Å². The SMILES string of the molecule is CCCC(=O)N(C)[C@H](CN)C(=O)N(C)[C@@H](CC(C)(C)OCc1ccccc1)C(=O)N[C@H](C(=O)N(C)[C@@H](CC(C)C)C(=O)N[C@H](C)C(=O)N[C@H](C)C(=O)NC)C(C)C. The Hall–Kier alpha value is -4.57. The van der Waals surface area contributed by atoms with E-state index in [1.54, 1.807) is 27.7 Å². The van der Waals surface area contributed by atoms with Gasteiger partial charge in [0.1, 0.15) is 36.3 Å². The van der Waals surface area contributed by atoms with Gasteiger partial charge in [0, 0.05) is 47.6 Å². The molecule has 16 nitrogen and oxygen atoms in total. The third-order valence-electron chi connectivity index (χ3n) is 9.90. The molecule has 0 saturated heterocycles. The first kappa shape index (κ1) is 50.4. The number of nitrogens with one attached hydrogen (secondary N) is 4. The van der Waals surface area contributed by atoms with Gasteiger partial charge in [-0.3, -0.25) is 33.6 Å². The van der Waals surface area contributed by atoms with Crippen LogP contribution in [0.2, 0.25) is 0 Å². The van der Waals surface area contributed by atoms with Crippen LogP contribution >= 0.6 is 0 Å². The van der Waals surface area contributed by atoms with Crippen molar-refractivity contribution in [1.82, 2.24) is 36.0 Å². The molecule has 0 aliphatic rings. The highest BCUT2D eigenvalue weighted by atomic mass is 16.5. The molecule has 0 radical (unpaired) electrons. The molecule has 57 heavy (non-hydrogen) atoms. The first-order chi connectivity index (χ1) is 26.5. The first-order valence-corrected chi connectivity index (χ1v) is 19.8. The molecule has 1 aromatic carbocycles. The van der Waals surface area contributed by atoms with E-state index in [4.69, 9.17) is 10.5 Å². The van der Waals surface area contributed by atoms with Crippen LogP contribution in [0.1, 0.15) is 93.6 Å². The van der Waals surface area contributed by atoms with Gasteiger partial charge in [0.2, 0.25) is 41.4 Å². The second-order valence-electron chi connectivity index (χ2n) is 16.1. The van der Waals surface area contributed by atoms with Crippen molar-refractivity contribution in [2.75, 3.05) is 34.7 Å². The minimum absolute atomic E-state index is 0.0174. The summed E-state index contributed by atoms with van der Waals surface area (Å²) in [4.78, 5) is 98.0. The van der Waals surface area contributed by atoms with E-state index in [0.717, 1.165) is 5.56 Å². The molecule has 0 fully saturated rings. The van der Waals surface area contributed by atoms with Gasteiger partial charge < -0.3 is 46.4 Å². The van der Waals surface area contributed by atoms with Crippen LogP contribution < -0.4 is 27.0 Å². The summed E-state index contributed by atoms with van der Waals surface area (Å²) in [5.74, 6) is -4.07. The van der Waals surface area contributed by atoms with Crippen LogP contribution in [-0.2, 0) is 44.9 Å². The predicted molar refractivity (Wildman–Crippen MR) is 219 cm³/mol. The number of hydrogen-bond acceptors (Lipinski definition) is 9. The molecular weight excluding hydrogens is 732 g/mol. The third-order valence-corrected chi connectivity index (χ3v) is 9.90. The summed E-state index contributed by atoms with van der Waals surface area (Å²) < 4.78 is 6.28. The number of likely N-dealkylation sites (N-methyl/N-ethyl adjacent to an activating group) is 4. The van der Waals surface area contributed by atoms with E-state index in [2.05, 4.69) is 21.3 Å². The number of nitrogens with zero attached hydrogens (tertiary/aromatic N) is 3. The molecule has 6 atom stereocenters. The molecule has 0 spiro atoms. The summed E-state index contributed by atoms with van der Waals surface area (Å²) in [5.41, 5.74) is 6.00. The van der Waals surface area contributed by atoms with E-state index in [1.165, 1.54) is 56.7 Å². The van der Waals surface area contributed by atoms with E-state index in [1.807, 2.05) is 51.1 Å². The van der Waals surface area contributed by atoms with E-state index in [0.29, 0.717) is 6.42 Å². The molecule has 0 saturated carbocycles. The zero-order valence-corrected chi connectivity index (χ0v) is 36.4. The fourth-order valence-corrected chi connectivity index (χ4v) is 6.18. The molecule has 1 rings (SSSR count). The summed E-state index contributed by atoms with van der Waals surface area (Å²) in [6, 6.07) is 3.27. The monoisotopic (exact) mass is 803 g/mol. The lowest BCUT2D eigenvalue weighted by atomic mass is 9.94. The lowest BCUT2D eigenvalue weighted by Crippen LogP contribution is -2.62. The van der Waals surface area contributed by atoms with Crippen molar-refractivity contribution in [3.63, 3.8) is 0 Å².